The summed E-state index contributed by atoms with van der Waals surface area (Å²) < 4.78 is 5.43. The minimum atomic E-state index is -0.810. The summed E-state index contributed by atoms with van der Waals surface area (Å²) in [6.07, 6.45) is 3.12. The summed E-state index contributed by atoms with van der Waals surface area (Å²) in [7, 11) is 1.56. The molecule has 0 unspecified atom stereocenters. The Balaban J connectivity index is 1.45. The molecule has 0 spiro atoms. The lowest BCUT2D eigenvalue weighted by molar-refractivity contribution is -0.140. The van der Waals surface area contributed by atoms with Crippen LogP contribution in [0.1, 0.15) is 86.3 Å². The van der Waals surface area contributed by atoms with Gasteiger partial charge in [-0.1, -0.05) is 88.7 Å². The molecular formula is C36H42N2O4. The highest BCUT2D eigenvalue weighted by molar-refractivity contribution is 6.02. The van der Waals surface area contributed by atoms with Crippen LogP contribution < -0.4 is 15.4 Å². The fourth-order valence-corrected chi connectivity index (χ4v) is 7.21. The standard InChI is InChI=1S/C36H42N2O4/c1-23(2)25-16-17-27-26(21-25)30(39)22-32-35(27,3)18-11-19-36(32,4)34(41)38-29(20-24-12-7-6-8-13-24)33(40)37-28-14-9-10-15-31(28)42-5/h6-10,12-17,21,23,29,32H,11,18-20,22H2,1-5H3,(H,37,40)(H,38,41)/t29-,32+,35+,36+/m0/s1. The van der Waals surface area contributed by atoms with Gasteiger partial charge in [-0.05, 0) is 65.0 Å². The lowest BCUT2D eigenvalue weighted by Crippen LogP contribution is -2.58. The zero-order chi connectivity index (χ0) is 30.1. The number of fused-ring (bicyclic) bond motifs is 3. The van der Waals surface area contributed by atoms with Gasteiger partial charge in [-0.15, -0.1) is 0 Å². The molecular weight excluding hydrogens is 524 g/mol. The van der Waals surface area contributed by atoms with Crippen molar-refractivity contribution < 1.29 is 19.1 Å². The molecule has 0 saturated heterocycles. The highest BCUT2D eigenvalue weighted by atomic mass is 16.5. The van der Waals surface area contributed by atoms with Gasteiger partial charge in [0.15, 0.2) is 5.78 Å². The molecule has 4 atom stereocenters. The van der Waals surface area contributed by atoms with Crippen LogP contribution in [0.4, 0.5) is 5.69 Å². The van der Waals surface area contributed by atoms with Crippen LogP contribution in [0.15, 0.2) is 72.8 Å². The number of benzene rings is 3. The molecule has 2 N–H and O–H groups in total. The molecule has 2 aliphatic rings. The molecule has 6 nitrogen and oxygen atoms in total. The predicted molar refractivity (Wildman–Crippen MR) is 166 cm³/mol. The number of para-hydroxylation sites is 2. The van der Waals surface area contributed by atoms with Crippen molar-refractivity contribution in [1.29, 1.82) is 0 Å². The summed E-state index contributed by atoms with van der Waals surface area (Å²) in [5.74, 6) is 0.323. The van der Waals surface area contributed by atoms with Crippen molar-refractivity contribution in [2.45, 2.75) is 77.2 Å². The van der Waals surface area contributed by atoms with Gasteiger partial charge in [0, 0.05) is 18.4 Å². The smallest absolute Gasteiger partial charge is 0.247 e. The van der Waals surface area contributed by atoms with E-state index in [1.807, 2.05) is 49.4 Å². The Morgan fingerprint density at radius 2 is 1.69 bits per heavy atom. The summed E-state index contributed by atoms with van der Waals surface area (Å²) in [6.45, 7) is 8.48. The van der Waals surface area contributed by atoms with Gasteiger partial charge in [-0.2, -0.15) is 0 Å². The van der Waals surface area contributed by atoms with Crippen molar-refractivity contribution in [2.75, 3.05) is 12.4 Å². The summed E-state index contributed by atoms with van der Waals surface area (Å²) in [6, 6.07) is 22.4. The van der Waals surface area contributed by atoms with Crippen molar-refractivity contribution in [1.82, 2.24) is 5.32 Å². The number of carbonyl (C=O) groups is 3. The molecule has 2 aliphatic carbocycles. The molecule has 6 heteroatoms. The van der Waals surface area contributed by atoms with Gasteiger partial charge in [0.05, 0.1) is 18.2 Å². The van der Waals surface area contributed by atoms with Crippen LogP contribution in [-0.4, -0.2) is 30.7 Å². The lowest BCUT2D eigenvalue weighted by atomic mass is 9.49. The van der Waals surface area contributed by atoms with E-state index < -0.39 is 11.5 Å². The van der Waals surface area contributed by atoms with E-state index in [1.165, 1.54) is 0 Å². The Kier molecular flexibility index (Phi) is 8.27. The van der Waals surface area contributed by atoms with Gasteiger partial charge in [-0.25, -0.2) is 0 Å². The molecule has 0 bridgehead atoms. The quantitative estimate of drug-likeness (QED) is 0.313. The molecule has 220 valence electrons. The molecule has 1 fully saturated rings. The van der Waals surface area contributed by atoms with Crippen LogP contribution in [0, 0.1) is 11.3 Å². The summed E-state index contributed by atoms with van der Waals surface area (Å²) >= 11 is 0. The summed E-state index contributed by atoms with van der Waals surface area (Å²) in [5, 5.41) is 6.11. The molecule has 0 aliphatic heterocycles. The van der Waals surface area contributed by atoms with E-state index in [0.29, 0.717) is 36.6 Å². The van der Waals surface area contributed by atoms with E-state index in [4.69, 9.17) is 4.74 Å². The third-order valence-corrected chi connectivity index (χ3v) is 9.73. The first-order valence-electron chi connectivity index (χ1n) is 15.0. The lowest BCUT2D eigenvalue weighted by Gasteiger charge is -2.54. The topological polar surface area (TPSA) is 84.5 Å². The maximum Gasteiger partial charge on any atom is 0.247 e. The first-order chi connectivity index (χ1) is 20.1. The molecule has 3 aromatic carbocycles. The number of amides is 2. The molecule has 0 aromatic heterocycles. The van der Waals surface area contributed by atoms with Crippen LogP contribution in [0.2, 0.25) is 0 Å². The zero-order valence-electron chi connectivity index (χ0n) is 25.3. The van der Waals surface area contributed by atoms with Crippen molar-refractivity contribution in [3.05, 3.63) is 95.1 Å². The zero-order valence-corrected chi connectivity index (χ0v) is 25.3. The van der Waals surface area contributed by atoms with Crippen molar-refractivity contribution in [3.63, 3.8) is 0 Å². The number of carbonyl (C=O) groups excluding carboxylic acids is 3. The molecule has 5 rings (SSSR count). The normalized spacial score (nSPS) is 23.9. The fourth-order valence-electron chi connectivity index (χ4n) is 7.21. The maximum absolute atomic E-state index is 14.3. The molecule has 2 amide bonds. The van der Waals surface area contributed by atoms with E-state index in [0.717, 1.165) is 35.1 Å². The predicted octanol–water partition coefficient (Wildman–Crippen LogP) is 6.84. The fraction of sp³-hybridized carbons (Fsp3) is 0.417. The van der Waals surface area contributed by atoms with Crippen LogP contribution in [0.5, 0.6) is 5.75 Å². The van der Waals surface area contributed by atoms with Gasteiger partial charge in [-0.3, -0.25) is 14.4 Å². The third-order valence-electron chi connectivity index (χ3n) is 9.73. The van der Waals surface area contributed by atoms with Crippen molar-refractivity contribution >= 4 is 23.3 Å². The minimum absolute atomic E-state index is 0.102. The maximum atomic E-state index is 14.3. The number of rotatable bonds is 8. The molecule has 3 aromatic rings. The Morgan fingerprint density at radius 1 is 0.976 bits per heavy atom. The van der Waals surface area contributed by atoms with Crippen LogP contribution in [0.25, 0.3) is 0 Å². The van der Waals surface area contributed by atoms with Gasteiger partial charge in [0.1, 0.15) is 11.8 Å². The Morgan fingerprint density at radius 3 is 2.40 bits per heavy atom. The third kappa shape index (κ3) is 5.47. The highest BCUT2D eigenvalue weighted by Gasteiger charge is 2.57. The van der Waals surface area contributed by atoms with E-state index in [2.05, 4.69) is 49.6 Å². The minimum Gasteiger partial charge on any atom is -0.495 e. The number of methoxy groups -OCH3 is 1. The monoisotopic (exact) mass is 566 g/mol. The van der Waals surface area contributed by atoms with Gasteiger partial charge >= 0.3 is 0 Å². The number of ether oxygens (including phenoxy) is 1. The average molecular weight is 567 g/mol. The van der Waals surface area contributed by atoms with Gasteiger partial charge in [0.2, 0.25) is 11.8 Å². The molecule has 1 saturated carbocycles. The van der Waals surface area contributed by atoms with Crippen molar-refractivity contribution in [3.8, 4) is 5.75 Å². The number of ketones is 1. The molecule has 0 heterocycles. The SMILES string of the molecule is COc1ccccc1NC(=O)[C@H](Cc1ccccc1)NC(=O)[C@]1(C)CCC[C@]2(C)c3ccc(C(C)C)cc3C(=O)C[C@@H]12. The molecule has 42 heavy (non-hydrogen) atoms. The second kappa shape index (κ2) is 11.7. The van der Waals surface area contributed by atoms with E-state index in [9.17, 15) is 14.4 Å². The largest absolute Gasteiger partial charge is 0.495 e. The first kappa shape index (κ1) is 29.6. The Hall–Kier alpha value is -3.93. The van der Waals surface area contributed by atoms with Crippen LogP contribution >= 0.6 is 0 Å². The first-order valence-corrected chi connectivity index (χ1v) is 15.0. The summed E-state index contributed by atoms with van der Waals surface area (Å²) in [4.78, 5) is 41.6. The van der Waals surface area contributed by atoms with E-state index in [-0.39, 0.29) is 28.9 Å². The number of hydrogen-bond acceptors (Lipinski definition) is 4. The molecule has 0 radical (unpaired) electrons. The Labute approximate surface area is 249 Å². The van der Waals surface area contributed by atoms with Crippen LogP contribution in [-0.2, 0) is 21.4 Å². The van der Waals surface area contributed by atoms with Gasteiger partial charge in [0.25, 0.3) is 0 Å². The second-order valence-corrected chi connectivity index (χ2v) is 12.7. The average Bonchev–Trinajstić information content (AvgIpc) is 2.98. The van der Waals surface area contributed by atoms with E-state index >= 15 is 0 Å². The number of anilines is 1. The summed E-state index contributed by atoms with van der Waals surface area (Å²) in [5.41, 5.74) is 3.40. The number of nitrogens with one attached hydrogen (secondary N) is 2. The second-order valence-electron chi connectivity index (χ2n) is 12.7. The van der Waals surface area contributed by atoms with Crippen LogP contribution in [0.3, 0.4) is 0 Å². The van der Waals surface area contributed by atoms with E-state index in [1.54, 1.807) is 19.2 Å². The van der Waals surface area contributed by atoms with Gasteiger partial charge < -0.3 is 15.4 Å². The number of Topliss-reactive ketones (excluding diaryl/α,β-unsaturated/α-hetero) is 1. The number of hydrogen-bond donors (Lipinski definition) is 2. The van der Waals surface area contributed by atoms with Crippen molar-refractivity contribution in [2.24, 2.45) is 11.3 Å². The Bertz CT molecular complexity index is 1480. The highest BCUT2D eigenvalue weighted by Crippen LogP contribution is 2.57.